The molecule has 1 aromatic rings. The zero-order valence-electron chi connectivity index (χ0n) is 6.80. The van der Waals surface area contributed by atoms with Crippen molar-refractivity contribution in [3.8, 4) is 6.07 Å². The minimum Gasteiger partial charge on any atom is -0.323 e. The summed E-state index contributed by atoms with van der Waals surface area (Å²) in [6.07, 6.45) is 0.279. The highest BCUT2D eigenvalue weighted by molar-refractivity contribution is 9.10. The molecular weight excluding hydrogens is 251 g/mol. The van der Waals surface area contributed by atoms with E-state index in [-0.39, 0.29) is 12.5 Å². The van der Waals surface area contributed by atoms with Gasteiger partial charge in [0.05, 0.1) is 12.5 Å². The van der Waals surface area contributed by atoms with E-state index in [1.54, 1.807) is 6.07 Å². The molecule has 13 heavy (non-hydrogen) atoms. The molecule has 0 saturated heterocycles. The Kier molecular flexibility index (Phi) is 3.73. The molecule has 1 atom stereocenters. The molecule has 0 unspecified atom stereocenters. The predicted molar refractivity (Wildman–Crippen MR) is 56.3 cm³/mol. The van der Waals surface area contributed by atoms with Gasteiger partial charge in [0.15, 0.2) is 0 Å². The number of benzene rings is 1. The minimum atomic E-state index is -0.300. The van der Waals surface area contributed by atoms with Gasteiger partial charge in [0.2, 0.25) is 0 Å². The summed E-state index contributed by atoms with van der Waals surface area (Å²) >= 11 is 9.23. The maximum atomic E-state index is 8.46. The molecule has 0 aliphatic heterocycles. The first-order chi connectivity index (χ1) is 6.15. The minimum absolute atomic E-state index is 0.279. The van der Waals surface area contributed by atoms with E-state index < -0.39 is 0 Å². The van der Waals surface area contributed by atoms with Crippen molar-refractivity contribution in [3.05, 3.63) is 33.3 Å². The van der Waals surface area contributed by atoms with Crippen LogP contribution in [0.4, 0.5) is 0 Å². The average Bonchev–Trinajstić information content (AvgIpc) is 2.04. The molecule has 1 rings (SSSR count). The fraction of sp³-hybridized carbons (Fsp3) is 0.222. The standard InChI is InChI=1S/C9H8BrClN2/c10-6-1-2-7(8(11)5-6)9(13)3-4-12/h1-2,5,9H,3,13H2/t9-/m0/s1. The van der Waals surface area contributed by atoms with E-state index in [0.717, 1.165) is 10.0 Å². The number of nitrogens with zero attached hydrogens (tertiary/aromatic N) is 1. The molecular formula is C9H8BrClN2. The summed E-state index contributed by atoms with van der Waals surface area (Å²) in [6, 6.07) is 7.17. The lowest BCUT2D eigenvalue weighted by molar-refractivity contribution is 0.748. The van der Waals surface area contributed by atoms with Gasteiger partial charge in [-0.15, -0.1) is 0 Å². The van der Waals surface area contributed by atoms with Crippen LogP contribution >= 0.6 is 27.5 Å². The second kappa shape index (κ2) is 4.61. The molecule has 1 aromatic carbocycles. The van der Waals surface area contributed by atoms with Gasteiger partial charge in [-0.25, -0.2) is 0 Å². The number of hydrogen-bond acceptors (Lipinski definition) is 2. The van der Waals surface area contributed by atoms with Gasteiger partial charge in [-0.1, -0.05) is 33.6 Å². The van der Waals surface area contributed by atoms with E-state index in [1.165, 1.54) is 0 Å². The molecule has 0 saturated carbocycles. The quantitative estimate of drug-likeness (QED) is 0.887. The van der Waals surface area contributed by atoms with Crippen molar-refractivity contribution in [1.29, 1.82) is 5.26 Å². The van der Waals surface area contributed by atoms with Crippen LogP contribution in [0.15, 0.2) is 22.7 Å². The average molecular weight is 260 g/mol. The lowest BCUT2D eigenvalue weighted by Crippen LogP contribution is -2.09. The summed E-state index contributed by atoms with van der Waals surface area (Å²) in [5.74, 6) is 0. The van der Waals surface area contributed by atoms with Gasteiger partial charge in [0.25, 0.3) is 0 Å². The maximum absolute atomic E-state index is 8.46. The van der Waals surface area contributed by atoms with Crippen LogP contribution in [-0.2, 0) is 0 Å². The van der Waals surface area contributed by atoms with E-state index in [9.17, 15) is 0 Å². The summed E-state index contributed by atoms with van der Waals surface area (Å²) < 4.78 is 0.908. The molecule has 0 amide bonds. The van der Waals surface area contributed by atoms with Gasteiger partial charge in [-0.05, 0) is 17.7 Å². The van der Waals surface area contributed by atoms with Crippen molar-refractivity contribution in [1.82, 2.24) is 0 Å². The Hall–Kier alpha value is -0.560. The second-order valence-electron chi connectivity index (χ2n) is 2.63. The van der Waals surface area contributed by atoms with Crippen LogP contribution in [0.25, 0.3) is 0 Å². The zero-order valence-corrected chi connectivity index (χ0v) is 9.14. The topological polar surface area (TPSA) is 49.8 Å². The van der Waals surface area contributed by atoms with Crippen molar-refractivity contribution in [2.75, 3.05) is 0 Å². The molecule has 0 aromatic heterocycles. The van der Waals surface area contributed by atoms with Crippen LogP contribution in [0.3, 0.4) is 0 Å². The first-order valence-electron chi connectivity index (χ1n) is 3.72. The van der Waals surface area contributed by atoms with Crippen molar-refractivity contribution < 1.29 is 0 Å². The van der Waals surface area contributed by atoms with Crippen LogP contribution in [0, 0.1) is 11.3 Å². The second-order valence-corrected chi connectivity index (χ2v) is 3.96. The molecule has 0 aliphatic carbocycles. The van der Waals surface area contributed by atoms with Gasteiger partial charge in [0, 0.05) is 15.5 Å². The predicted octanol–water partition coefficient (Wildman–Crippen LogP) is 3.02. The van der Waals surface area contributed by atoms with E-state index in [4.69, 9.17) is 22.6 Å². The van der Waals surface area contributed by atoms with Crippen LogP contribution in [0.5, 0.6) is 0 Å². The molecule has 0 bridgehead atoms. The molecule has 68 valence electrons. The molecule has 2 nitrogen and oxygen atoms in total. The third-order valence-electron chi connectivity index (χ3n) is 1.67. The summed E-state index contributed by atoms with van der Waals surface area (Å²) in [5.41, 5.74) is 6.55. The van der Waals surface area contributed by atoms with Gasteiger partial charge >= 0.3 is 0 Å². The molecule has 0 radical (unpaired) electrons. The lowest BCUT2D eigenvalue weighted by Gasteiger charge is -2.09. The van der Waals surface area contributed by atoms with Gasteiger partial charge in [-0.2, -0.15) is 5.26 Å². The molecule has 0 heterocycles. The SMILES string of the molecule is N#CC[C@H](N)c1ccc(Br)cc1Cl. The van der Waals surface area contributed by atoms with Crippen molar-refractivity contribution >= 4 is 27.5 Å². The number of rotatable bonds is 2. The van der Waals surface area contributed by atoms with Gasteiger partial charge in [-0.3, -0.25) is 0 Å². The van der Waals surface area contributed by atoms with Crippen LogP contribution in [-0.4, -0.2) is 0 Å². The van der Waals surface area contributed by atoms with Crippen molar-refractivity contribution in [2.45, 2.75) is 12.5 Å². The number of nitriles is 1. The molecule has 0 spiro atoms. The third kappa shape index (κ3) is 2.70. The smallest absolute Gasteiger partial charge is 0.0641 e. The Balaban J connectivity index is 2.96. The Bertz CT molecular complexity index is 346. The molecule has 4 heteroatoms. The van der Waals surface area contributed by atoms with Gasteiger partial charge < -0.3 is 5.73 Å². The summed E-state index contributed by atoms with van der Waals surface area (Å²) in [6.45, 7) is 0. The monoisotopic (exact) mass is 258 g/mol. The number of nitrogens with two attached hydrogens (primary N) is 1. The van der Waals surface area contributed by atoms with Crippen molar-refractivity contribution in [2.24, 2.45) is 5.73 Å². The largest absolute Gasteiger partial charge is 0.323 e. The van der Waals surface area contributed by atoms with E-state index in [0.29, 0.717) is 5.02 Å². The molecule has 0 aliphatic rings. The Morgan fingerprint density at radius 1 is 1.62 bits per heavy atom. The zero-order chi connectivity index (χ0) is 9.84. The summed E-state index contributed by atoms with van der Waals surface area (Å²) in [4.78, 5) is 0. The molecule has 0 fully saturated rings. The van der Waals surface area contributed by atoms with Crippen LogP contribution in [0.2, 0.25) is 5.02 Å². The summed E-state index contributed by atoms with van der Waals surface area (Å²) in [7, 11) is 0. The van der Waals surface area contributed by atoms with Crippen LogP contribution < -0.4 is 5.73 Å². The summed E-state index contributed by atoms with van der Waals surface area (Å²) in [5, 5.41) is 9.06. The number of hydrogen-bond donors (Lipinski definition) is 1. The normalized spacial score (nSPS) is 12.2. The lowest BCUT2D eigenvalue weighted by atomic mass is 10.1. The first-order valence-corrected chi connectivity index (χ1v) is 4.89. The number of halogens is 2. The Morgan fingerprint density at radius 3 is 2.85 bits per heavy atom. The van der Waals surface area contributed by atoms with E-state index in [1.807, 2.05) is 18.2 Å². The highest BCUT2D eigenvalue weighted by Gasteiger charge is 2.09. The van der Waals surface area contributed by atoms with Crippen LogP contribution in [0.1, 0.15) is 18.0 Å². The Labute approximate surface area is 90.4 Å². The van der Waals surface area contributed by atoms with E-state index in [2.05, 4.69) is 15.9 Å². The fourth-order valence-electron chi connectivity index (χ4n) is 1.01. The first kappa shape index (κ1) is 10.5. The fourth-order valence-corrected chi connectivity index (χ4v) is 1.82. The highest BCUT2D eigenvalue weighted by Crippen LogP contribution is 2.26. The highest BCUT2D eigenvalue weighted by atomic mass is 79.9. The third-order valence-corrected chi connectivity index (χ3v) is 2.49. The maximum Gasteiger partial charge on any atom is 0.0641 e. The van der Waals surface area contributed by atoms with Gasteiger partial charge in [0.1, 0.15) is 0 Å². The van der Waals surface area contributed by atoms with Crippen molar-refractivity contribution in [3.63, 3.8) is 0 Å². The van der Waals surface area contributed by atoms with E-state index >= 15 is 0 Å². The Morgan fingerprint density at radius 2 is 2.31 bits per heavy atom. The molecule has 2 N–H and O–H groups in total.